The molecule has 4 atom stereocenters. The predicted molar refractivity (Wildman–Crippen MR) is 145 cm³/mol. The van der Waals surface area contributed by atoms with Gasteiger partial charge in [-0.05, 0) is 50.8 Å². The lowest BCUT2D eigenvalue weighted by Crippen LogP contribution is -2.56. The molecule has 1 fully saturated rings. The molecule has 0 unspecified atom stereocenters. The molecule has 3 rings (SSSR count). The van der Waals surface area contributed by atoms with Gasteiger partial charge in [0.1, 0.15) is 17.7 Å². The molecule has 2 aromatic rings. The molecule has 214 valence electrons. The van der Waals surface area contributed by atoms with E-state index in [-0.39, 0.29) is 25.5 Å². The average Bonchev–Trinajstić information content (AvgIpc) is 3.51. The van der Waals surface area contributed by atoms with Crippen molar-refractivity contribution in [2.45, 2.75) is 84.3 Å². The average molecular weight is 544 g/mol. The third-order valence-electron chi connectivity index (χ3n) is 6.59. The summed E-state index contributed by atoms with van der Waals surface area (Å²) >= 11 is 0. The molecule has 1 aliphatic heterocycles. The molecule has 39 heavy (non-hydrogen) atoms. The van der Waals surface area contributed by atoms with Crippen LogP contribution in [0.15, 0.2) is 36.5 Å². The molecule has 2 heterocycles. The number of aryl methyl sites for hydroxylation is 1. The second-order valence-corrected chi connectivity index (χ2v) is 11.2. The van der Waals surface area contributed by atoms with Gasteiger partial charge in [-0.25, -0.2) is 4.79 Å². The van der Waals surface area contributed by atoms with E-state index in [4.69, 9.17) is 4.74 Å². The first-order valence-electron chi connectivity index (χ1n) is 13.4. The van der Waals surface area contributed by atoms with E-state index < -0.39 is 47.7 Å². The Kier molecular flexibility index (Phi) is 9.73. The number of hydrogen-bond donors (Lipinski definition) is 4. The van der Waals surface area contributed by atoms with Crippen molar-refractivity contribution in [1.82, 2.24) is 25.3 Å². The summed E-state index contributed by atoms with van der Waals surface area (Å²) in [5.74, 6) is -1.27. The molecular weight excluding hydrogens is 502 g/mol. The Morgan fingerprint density at radius 2 is 1.79 bits per heavy atom. The quantitative estimate of drug-likeness (QED) is 0.379. The Balaban J connectivity index is 1.73. The van der Waals surface area contributed by atoms with Crippen LogP contribution in [0.4, 0.5) is 4.79 Å². The number of amides is 3. The molecule has 1 aromatic carbocycles. The number of carbonyl (C=O) groups is 3. The number of β-amino-alcohol motifs (C(OH)–C–C–N with tert-alkyl or cyclic N) is 1. The highest BCUT2D eigenvalue weighted by molar-refractivity contribution is 5.92. The molecule has 0 saturated carbocycles. The van der Waals surface area contributed by atoms with E-state index in [1.54, 1.807) is 40.8 Å². The number of carbonyl (C=O) groups excluding carboxylic acids is 3. The molecule has 0 radical (unpaired) electrons. The monoisotopic (exact) mass is 543 g/mol. The van der Waals surface area contributed by atoms with Gasteiger partial charge in [0.2, 0.25) is 11.8 Å². The van der Waals surface area contributed by atoms with E-state index in [2.05, 4.69) is 15.7 Å². The van der Waals surface area contributed by atoms with Gasteiger partial charge in [0, 0.05) is 25.7 Å². The number of nitrogens with one attached hydrogen (secondary N) is 2. The van der Waals surface area contributed by atoms with Crippen LogP contribution in [0.25, 0.3) is 11.3 Å². The SMILES string of the molecule is CCn1nccc1-c1ccc([C@H](CO)NC(=O)[C@@H]2C[C@@H](O)CN2C(=O)[C@@H](NC(=O)OC(C)(C)C)C(C)C)cc1. The van der Waals surface area contributed by atoms with Crippen LogP contribution in [0.5, 0.6) is 0 Å². The summed E-state index contributed by atoms with van der Waals surface area (Å²) < 4.78 is 7.18. The first-order valence-corrected chi connectivity index (χ1v) is 13.4. The number of benzene rings is 1. The summed E-state index contributed by atoms with van der Waals surface area (Å²) in [6.07, 6.45) is 0.155. The molecule has 1 saturated heterocycles. The Bertz CT molecular complexity index is 1140. The fourth-order valence-electron chi connectivity index (χ4n) is 4.65. The lowest BCUT2D eigenvalue weighted by Gasteiger charge is -2.31. The van der Waals surface area contributed by atoms with Crippen LogP contribution in [0.1, 0.15) is 59.6 Å². The number of nitrogens with zero attached hydrogens (tertiary/aromatic N) is 3. The predicted octanol–water partition coefficient (Wildman–Crippen LogP) is 2.23. The lowest BCUT2D eigenvalue weighted by molar-refractivity contribution is -0.141. The van der Waals surface area contributed by atoms with Crippen molar-refractivity contribution in [3.63, 3.8) is 0 Å². The van der Waals surface area contributed by atoms with Gasteiger partial charge in [0.25, 0.3) is 0 Å². The van der Waals surface area contributed by atoms with Crippen LogP contribution < -0.4 is 10.6 Å². The number of hydrogen-bond acceptors (Lipinski definition) is 7. The normalized spacial score (nSPS) is 19.1. The zero-order valence-electron chi connectivity index (χ0n) is 23.5. The summed E-state index contributed by atoms with van der Waals surface area (Å²) in [7, 11) is 0. The molecule has 0 spiro atoms. The minimum Gasteiger partial charge on any atom is -0.444 e. The Hall–Kier alpha value is -3.44. The fourth-order valence-corrected chi connectivity index (χ4v) is 4.65. The van der Waals surface area contributed by atoms with Crippen LogP contribution in [0.3, 0.4) is 0 Å². The maximum atomic E-state index is 13.5. The largest absolute Gasteiger partial charge is 0.444 e. The van der Waals surface area contributed by atoms with E-state index in [9.17, 15) is 24.6 Å². The topological polar surface area (TPSA) is 146 Å². The second-order valence-electron chi connectivity index (χ2n) is 11.2. The molecule has 11 heteroatoms. The van der Waals surface area contributed by atoms with Crippen LogP contribution in [-0.2, 0) is 20.9 Å². The van der Waals surface area contributed by atoms with Crippen molar-refractivity contribution >= 4 is 17.9 Å². The van der Waals surface area contributed by atoms with Gasteiger partial charge in [-0.1, -0.05) is 38.1 Å². The molecule has 0 aliphatic carbocycles. The van der Waals surface area contributed by atoms with E-state index in [0.29, 0.717) is 5.56 Å². The summed E-state index contributed by atoms with van der Waals surface area (Å²) in [6.45, 7) is 11.1. The van der Waals surface area contributed by atoms with E-state index in [1.165, 1.54) is 4.90 Å². The number of aromatic nitrogens is 2. The summed E-state index contributed by atoms with van der Waals surface area (Å²) in [6, 6.07) is 6.77. The standard InChI is InChI=1S/C28H41N5O6/c1-7-33-22(12-13-29-33)19-10-8-18(9-11-19)21(16-34)30-25(36)23-14-20(35)15-32(23)26(37)24(17(2)3)31-27(38)39-28(4,5)6/h8-13,17,20-21,23-24,34-35H,7,14-16H2,1-6H3,(H,30,36)(H,31,38)/t20-,21+,23+,24+/m1/s1. The first kappa shape index (κ1) is 30.1. The number of likely N-dealkylation sites (tertiary alicyclic amines) is 1. The van der Waals surface area contributed by atoms with Gasteiger partial charge >= 0.3 is 6.09 Å². The Morgan fingerprint density at radius 1 is 1.13 bits per heavy atom. The van der Waals surface area contributed by atoms with Gasteiger partial charge in [-0.3, -0.25) is 14.3 Å². The van der Waals surface area contributed by atoms with Gasteiger partial charge in [-0.15, -0.1) is 0 Å². The minimum atomic E-state index is -0.957. The van der Waals surface area contributed by atoms with E-state index >= 15 is 0 Å². The lowest BCUT2D eigenvalue weighted by atomic mass is 10.0. The highest BCUT2D eigenvalue weighted by atomic mass is 16.6. The third kappa shape index (κ3) is 7.57. The van der Waals surface area contributed by atoms with Gasteiger partial charge in [-0.2, -0.15) is 5.10 Å². The molecule has 1 aromatic heterocycles. The number of aliphatic hydroxyl groups excluding tert-OH is 2. The smallest absolute Gasteiger partial charge is 0.408 e. The van der Waals surface area contributed by atoms with Crippen LogP contribution in [-0.4, -0.2) is 79.7 Å². The van der Waals surface area contributed by atoms with Crippen molar-refractivity contribution in [3.8, 4) is 11.3 Å². The third-order valence-corrected chi connectivity index (χ3v) is 6.59. The minimum absolute atomic E-state index is 0.0419. The van der Waals surface area contributed by atoms with Crippen LogP contribution >= 0.6 is 0 Å². The van der Waals surface area contributed by atoms with Crippen molar-refractivity contribution in [3.05, 3.63) is 42.1 Å². The van der Waals surface area contributed by atoms with Crippen molar-refractivity contribution in [2.24, 2.45) is 5.92 Å². The second kappa shape index (κ2) is 12.6. The Morgan fingerprint density at radius 3 is 2.36 bits per heavy atom. The van der Waals surface area contributed by atoms with Crippen LogP contribution in [0.2, 0.25) is 0 Å². The van der Waals surface area contributed by atoms with Gasteiger partial charge in [0.05, 0.1) is 24.4 Å². The number of alkyl carbamates (subject to hydrolysis) is 1. The highest BCUT2D eigenvalue weighted by Crippen LogP contribution is 2.25. The molecule has 3 amide bonds. The fraction of sp³-hybridized carbons (Fsp3) is 0.571. The molecule has 0 bridgehead atoms. The van der Waals surface area contributed by atoms with Gasteiger partial charge < -0.3 is 30.5 Å². The van der Waals surface area contributed by atoms with E-state index in [1.807, 2.05) is 41.9 Å². The zero-order chi connectivity index (χ0) is 28.9. The summed E-state index contributed by atoms with van der Waals surface area (Å²) in [5, 5.41) is 30.1. The maximum absolute atomic E-state index is 13.5. The first-order chi connectivity index (χ1) is 18.3. The van der Waals surface area contributed by atoms with Gasteiger partial charge in [0.15, 0.2) is 0 Å². The van der Waals surface area contributed by atoms with E-state index in [0.717, 1.165) is 17.8 Å². The molecular formula is C28H41N5O6. The summed E-state index contributed by atoms with van der Waals surface area (Å²) in [4.78, 5) is 40.5. The zero-order valence-corrected chi connectivity index (χ0v) is 23.5. The Labute approximate surface area is 229 Å². The van der Waals surface area contributed by atoms with Crippen molar-refractivity contribution in [1.29, 1.82) is 0 Å². The molecule has 4 N–H and O–H groups in total. The molecule has 11 nitrogen and oxygen atoms in total. The number of ether oxygens (including phenoxy) is 1. The van der Waals surface area contributed by atoms with Crippen LogP contribution in [0, 0.1) is 5.92 Å². The van der Waals surface area contributed by atoms with Crippen molar-refractivity contribution < 1.29 is 29.3 Å². The number of aliphatic hydroxyl groups is 2. The maximum Gasteiger partial charge on any atom is 0.408 e. The summed E-state index contributed by atoms with van der Waals surface area (Å²) in [5.41, 5.74) is 1.87. The highest BCUT2D eigenvalue weighted by Gasteiger charge is 2.43. The molecule has 1 aliphatic rings. The van der Waals surface area contributed by atoms with Crippen molar-refractivity contribution in [2.75, 3.05) is 13.2 Å². The number of rotatable bonds is 9.